The van der Waals surface area contributed by atoms with E-state index in [1.165, 1.54) is 0 Å². The first-order valence-electron chi connectivity index (χ1n) is 7.11. The molecule has 0 unspecified atom stereocenters. The van der Waals surface area contributed by atoms with Gasteiger partial charge >= 0.3 is 5.97 Å². The van der Waals surface area contributed by atoms with Gasteiger partial charge in [0, 0.05) is 18.7 Å². The van der Waals surface area contributed by atoms with Crippen LogP contribution in [0.1, 0.15) is 42.6 Å². The highest BCUT2D eigenvalue weighted by atomic mass is 16.5. The summed E-state index contributed by atoms with van der Waals surface area (Å²) in [4.78, 5) is 24.4. The molecule has 0 saturated carbocycles. The molecule has 4 nitrogen and oxygen atoms in total. The van der Waals surface area contributed by atoms with Crippen LogP contribution in [0, 0.1) is 0 Å². The van der Waals surface area contributed by atoms with Gasteiger partial charge in [-0.1, -0.05) is 25.1 Å². The lowest BCUT2D eigenvalue weighted by Crippen LogP contribution is -2.27. The highest BCUT2D eigenvalue weighted by Crippen LogP contribution is 2.08. The Labute approximate surface area is 120 Å². The summed E-state index contributed by atoms with van der Waals surface area (Å²) in [5, 5.41) is 0. The molecule has 0 aliphatic heterocycles. The molecule has 0 atom stereocenters. The van der Waals surface area contributed by atoms with Crippen molar-refractivity contribution in [2.24, 2.45) is 0 Å². The number of hydrogen-bond acceptors (Lipinski definition) is 4. The largest absolute Gasteiger partial charge is 0.466 e. The van der Waals surface area contributed by atoms with Crippen molar-refractivity contribution in [3.8, 4) is 0 Å². The molecule has 0 saturated heterocycles. The monoisotopic (exact) mass is 277 g/mol. The molecule has 1 rings (SSSR count). The zero-order valence-electron chi connectivity index (χ0n) is 12.3. The van der Waals surface area contributed by atoms with E-state index in [0.29, 0.717) is 25.1 Å². The Morgan fingerprint density at radius 3 is 2.75 bits per heavy atom. The van der Waals surface area contributed by atoms with Gasteiger partial charge in [0.05, 0.1) is 13.0 Å². The van der Waals surface area contributed by atoms with Crippen LogP contribution < -0.4 is 0 Å². The third-order valence-electron chi connectivity index (χ3n) is 2.97. The Bertz CT molecular complexity index is 431. The first-order chi connectivity index (χ1) is 9.69. The van der Waals surface area contributed by atoms with Gasteiger partial charge in [-0.2, -0.15) is 0 Å². The zero-order valence-corrected chi connectivity index (χ0v) is 12.3. The number of nitrogens with zero attached hydrogens (tertiary/aromatic N) is 1. The minimum Gasteiger partial charge on any atom is -0.466 e. The van der Waals surface area contributed by atoms with E-state index in [0.717, 1.165) is 31.4 Å². The normalized spacial score (nSPS) is 10.6. The van der Waals surface area contributed by atoms with Gasteiger partial charge in [-0.15, -0.1) is 0 Å². The third-order valence-corrected chi connectivity index (χ3v) is 2.97. The lowest BCUT2D eigenvalue weighted by atomic mass is 10.1. The molecule has 0 spiro atoms. The maximum absolute atomic E-state index is 11.4. The van der Waals surface area contributed by atoms with Crippen molar-refractivity contribution in [1.29, 1.82) is 0 Å². The summed E-state index contributed by atoms with van der Waals surface area (Å²) < 4.78 is 4.95. The van der Waals surface area contributed by atoms with Crippen LogP contribution in [-0.2, 0) is 16.1 Å². The number of benzene rings is 1. The van der Waals surface area contributed by atoms with E-state index in [2.05, 4.69) is 11.8 Å². The Morgan fingerprint density at radius 1 is 1.30 bits per heavy atom. The lowest BCUT2D eigenvalue weighted by molar-refractivity contribution is -0.143. The summed E-state index contributed by atoms with van der Waals surface area (Å²) in [6, 6.07) is 7.56. The molecule has 4 heteroatoms. The molecule has 1 aromatic rings. The molecule has 0 aliphatic carbocycles. The number of hydrogen-bond donors (Lipinski definition) is 0. The summed E-state index contributed by atoms with van der Waals surface area (Å²) in [6.45, 7) is 6.69. The maximum Gasteiger partial charge on any atom is 0.307 e. The maximum atomic E-state index is 11.4. The predicted octanol–water partition coefficient (Wildman–Crippen LogP) is 2.66. The number of esters is 1. The van der Waals surface area contributed by atoms with E-state index in [1.54, 1.807) is 6.07 Å². The summed E-state index contributed by atoms with van der Waals surface area (Å²) in [7, 11) is 0. The van der Waals surface area contributed by atoms with Crippen molar-refractivity contribution >= 4 is 12.3 Å². The average Bonchev–Trinajstić information content (AvgIpc) is 2.45. The van der Waals surface area contributed by atoms with E-state index in [9.17, 15) is 9.59 Å². The van der Waals surface area contributed by atoms with Crippen LogP contribution >= 0.6 is 0 Å². The zero-order chi connectivity index (χ0) is 14.8. The molecule has 0 amide bonds. The second-order valence-electron chi connectivity index (χ2n) is 4.69. The topological polar surface area (TPSA) is 46.6 Å². The molecule has 20 heavy (non-hydrogen) atoms. The number of rotatable bonds is 9. The summed E-state index contributed by atoms with van der Waals surface area (Å²) in [5.74, 6) is -0.157. The Kier molecular flexibility index (Phi) is 7.58. The number of carbonyl (C=O) groups is 2. The molecule has 0 bridgehead atoms. The molecule has 0 radical (unpaired) electrons. The van der Waals surface area contributed by atoms with Crippen molar-refractivity contribution in [1.82, 2.24) is 4.90 Å². The molecule has 0 fully saturated rings. The quantitative estimate of drug-likeness (QED) is 0.514. The summed E-state index contributed by atoms with van der Waals surface area (Å²) >= 11 is 0. The van der Waals surface area contributed by atoms with Gasteiger partial charge in [0.2, 0.25) is 0 Å². The molecular weight excluding hydrogens is 254 g/mol. The van der Waals surface area contributed by atoms with Crippen LogP contribution in [-0.4, -0.2) is 36.9 Å². The number of carbonyl (C=O) groups excluding carboxylic acids is 2. The van der Waals surface area contributed by atoms with E-state index in [1.807, 2.05) is 25.1 Å². The fourth-order valence-corrected chi connectivity index (χ4v) is 2.09. The van der Waals surface area contributed by atoms with Crippen LogP contribution in [0.25, 0.3) is 0 Å². The minimum absolute atomic E-state index is 0.157. The van der Waals surface area contributed by atoms with E-state index < -0.39 is 0 Å². The van der Waals surface area contributed by atoms with Crippen LogP contribution in [0.15, 0.2) is 24.3 Å². The first-order valence-corrected chi connectivity index (χ1v) is 7.11. The van der Waals surface area contributed by atoms with E-state index >= 15 is 0 Å². The smallest absolute Gasteiger partial charge is 0.307 e. The highest BCUT2D eigenvalue weighted by molar-refractivity contribution is 5.74. The molecule has 0 heterocycles. The molecule has 110 valence electrons. The Morgan fingerprint density at radius 2 is 2.10 bits per heavy atom. The highest BCUT2D eigenvalue weighted by Gasteiger charge is 2.09. The van der Waals surface area contributed by atoms with Crippen molar-refractivity contribution < 1.29 is 14.3 Å². The lowest BCUT2D eigenvalue weighted by Gasteiger charge is -2.21. The number of aldehydes is 1. The fraction of sp³-hybridized carbons (Fsp3) is 0.500. The first kappa shape index (κ1) is 16.4. The van der Waals surface area contributed by atoms with Gasteiger partial charge < -0.3 is 4.74 Å². The second-order valence-corrected chi connectivity index (χ2v) is 4.69. The predicted molar refractivity (Wildman–Crippen MR) is 78.6 cm³/mol. The van der Waals surface area contributed by atoms with Crippen molar-refractivity contribution in [3.05, 3.63) is 35.4 Å². The summed E-state index contributed by atoms with van der Waals surface area (Å²) in [6.07, 6.45) is 2.28. The van der Waals surface area contributed by atoms with Crippen molar-refractivity contribution in [2.45, 2.75) is 33.2 Å². The van der Waals surface area contributed by atoms with Gasteiger partial charge in [0.1, 0.15) is 6.29 Å². The SMILES string of the molecule is CCCN(CCC(=O)OCC)Cc1cccc(C=O)c1. The average molecular weight is 277 g/mol. The molecular formula is C16H23NO3. The van der Waals surface area contributed by atoms with Crippen LogP contribution in [0.4, 0.5) is 0 Å². The van der Waals surface area contributed by atoms with Crippen LogP contribution in [0.3, 0.4) is 0 Å². The van der Waals surface area contributed by atoms with Crippen LogP contribution in [0.5, 0.6) is 0 Å². The standard InChI is InChI=1S/C16H23NO3/c1-3-9-17(10-8-16(19)20-4-2)12-14-6-5-7-15(11-14)13-18/h5-7,11,13H,3-4,8-10,12H2,1-2H3. The molecule has 0 N–H and O–H groups in total. The van der Waals surface area contributed by atoms with Gasteiger partial charge in [-0.25, -0.2) is 0 Å². The Hall–Kier alpha value is -1.68. The third kappa shape index (κ3) is 5.97. The minimum atomic E-state index is -0.157. The fourth-order valence-electron chi connectivity index (χ4n) is 2.09. The number of ether oxygens (including phenoxy) is 1. The molecule has 0 aliphatic rings. The van der Waals surface area contributed by atoms with Gasteiger partial charge in [-0.3, -0.25) is 14.5 Å². The van der Waals surface area contributed by atoms with Gasteiger partial charge in [0.25, 0.3) is 0 Å². The van der Waals surface area contributed by atoms with E-state index in [-0.39, 0.29) is 5.97 Å². The second kappa shape index (κ2) is 9.26. The van der Waals surface area contributed by atoms with Crippen molar-refractivity contribution in [3.63, 3.8) is 0 Å². The van der Waals surface area contributed by atoms with Gasteiger partial charge in [0.15, 0.2) is 0 Å². The molecule has 0 aromatic heterocycles. The van der Waals surface area contributed by atoms with Crippen molar-refractivity contribution in [2.75, 3.05) is 19.7 Å². The van der Waals surface area contributed by atoms with Crippen LogP contribution in [0.2, 0.25) is 0 Å². The summed E-state index contributed by atoms with van der Waals surface area (Å²) in [5.41, 5.74) is 1.77. The van der Waals surface area contributed by atoms with E-state index in [4.69, 9.17) is 4.74 Å². The molecule has 1 aromatic carbocycles. The van der Waals surface area contributed by atoms with Gasteiger partial charge in [-0.05, 0) is 31.5 Å². The Balaban J connectivity index is 2.56.